The van der Waals surface area contributed by atoms with Crippen molar-refractivity contribution >= 4 is 16.9 Å². The lowest BCUT2D eigenvalue weighted by Gasteiger charge is -2.07. The number of ether oxygens (including phenoxy) is 2. The summed E-state index contributed by atoms with van der Waals surface area (Å²) in [5.74, 6) is 0.0950. The van der Waals surface area contributed by atoms with Crippen molar-refractivity contribution in [3.05, 3.63) is 23.9 Å². The van der Waals surface area contributed by atoms with E-state index < -0.39 is 0 Å². The predicted molar refractivity (Wildman–Crippen MR) is 58.6 cm³/mol. The molecule has 0 saturated heterocycles. The predicted octanol–water partition coefficient (Wildman–Crippen LogP) is 1.75. The standard InChI is InChI=1S/C11H12N2O3/c1-3-16-11(14)8-4-7-6-12-13-9(7)5-10(8)15-2/h4-6H,3H2,1-2H3,(H,12,13). The number of hydrogen-bond donors (Lipinski definition) is 1. The van der Waals surface area contributed by atoms with E-state index in [9.17, 15) is 4.79 Å². The Bertz CT molecular complexity index is 519. The number of carbonyl (C=O) groups excluding carboxylic acids is 1. The fourth-order valence-electron chi connectivity index (χ4n) is 1.51. The molecular weight excluding hydrogens is 208 g/mol. The highest BCUT2D eigenvalue weighted by molar-refractivity contribution is 5.97. The zero-order valence-corrected chi connectivity index (χ0v) is 9.11. The SMILES string of the molecule is CCOC(=O)c1cc2cn[nH]c2cc1OC. The van der Waals surface area contributed by atoms with Gasteiger partial charge >= 0.3 is 5.97 Å². The Hall–Kier alpha value is -2.04. The minimum atomic E-state index is -0.387. The summed E-state index contributed by atoms with van der Waals surface area (Å²) in [5, 5.41) is 7.55. The minimum Gasteiger partial charge on any atom is -0.496 e. The van der Waals surface area contributed by atoms with Crippen LogP contribution in [0, 0.1) is 0 Å². The van der Waals surface area contributed by atoms with E-state index in [2.05, 4.69) is 10.2 Å². The van der Waals surface area contributed by atoms with E-state index in [4.69, 9.17) is 9.47 Å². The molecule has 2 aromatic rings. The summed E-state index contributed by atoms with van der Waals surface area (Å²) in [5.41, 5.74) is 1.24. The maximum absolute atomic E-state index is 11.7. The number of aromatic amines is 1. The summed E-state index contributed by atoms with van der Waals surface area (Å²) in [6.07, 6.45) is 1.65. The molecule has 16 heavy (non-hydrogen) atoms. The molecule has 0 aliphatic rings. The molecule has 0 unspecified atom stereocenters. The summed E-state index contributed by atoms with van der Waals surface area (Å²) in [4.78, 5) is 11.7. The van der Waals surface area contributed by atoms with Gasteiger partial charge in [0.1, 0.15) is 11.3 Å². The first-order valence-corrected chi connectivity index (χ1v) is 4.94. The van der Waals surface area contributed by atoms with E-state index >= 15 is 0 Å². The second-order valence-corrected chi connectivity index (χ2v) is 3.23. The molecular formula is C11H12N2O3. The number of benzene rings is 1. The van der Waals surface area contributed by atoms with Gasteiger partial charge in [-0.05, 0) is 13.0 Å². The van der Waals surface area contributed by atoms with Crippen LogP contribution in [0.25, 0.3) is 10.9 Å². The summed E-state index contributed by atoms with van der Waals surface area (Å²) in [6, 6.07) is 3.43. The average molecular weight is 220 g/mol. The molecule has 1 aromatic heterocycles. The molecule has 0 aliphatic carbocycles. The van der Waals surface area contributed by atoms with Gasteiger partial charge in [0.05, 0.1) is 25.4 Å². The molecule has 0 atom stereocenters. The van der Waals surface area contributed by atoms with E-state index in [0.717, 1.165) is 10.9 Å². The van der Waals surface area contributed by atoms with Crippen molar-refractivity contribution in [2.75, 3.05) is 13.7 Å². The van der Waals surface area contributed by atoms with Crippen molar-refractivity contribution in [2.24, 2.45) is 0 Å². The fourth-order valence-corrected chi connectivity index (χ4v) is 1.51. The first kappa shape index (κ1) is 10.5. The van der Waals surface area contributed by atoms with Gasteiger partial charge < -0.3 is 9.47 Å². The average Bonchev–Trinajstić information content (AvgIpc) is 2.74. The maximum Gasteiger partial charge on any atom is 0.341 e. The number of nitrogens with one attached hydrogen (secondary N) is 1. The molecule has 0 spiro atoms. The molecule has 1 aromatic carbocycles. The number of H-pyrrole nitrogens is 1. The lowest BCUT2D eigenvalue weighted by Crippen LogP contribution is -2.06. The van der Waals surface area contributed by atoms with Crippen LogP contribution in [-0.4, -0.2) is 29.9 Å². The van der Waals surface area contributed by atoms with Crippen LogP contribution in [0.2, 0.25) is 0 Å². The number of fused-ring (bicyclic) bond motifs is 1. The highest BCUT2D eigenvalue weighted by atomic mass is 16.5. The van der Waals surface area contributed by atoms with Gasteiger partial charge in [0.15, 0.2) is 0 Å². The molecule has 5 nitrogen and oxygen atoms in total. The second kappa shape index (κ2) is 4.22. The third-order valence-corrected chi connectivity index (χ3v) is 2.26. The van der Waals surface area contributed by atoms with Gasteiger partial charge in [-0.2, -0.15) is 5.10 Å². The third kappa shape index (κ3) is 1.71. The van der Waals surface area contributed by atoms with Gasteiger partial charge in [0.25, 0.3) is 0 Å². The van der Waals surface area contributed by atoms with Crippen molar-refractivity contribution in [3.63, 3.8) is 0 Å². The molecule has 0 saturated carbocycles. The molecule has 0 amide bonds. The van der Waals surface area contributed by atoms with Crippen LogP contribution < -0.4 is 4.74 Å². The van der Waals surface area contributed by atoms with Crippen molar-refractivity contribution in [3.8, 4) is 5.75 Å². The Labute approximate surface area is 92.4 Å². The van der Waals surface area contributed by atoms with Crippen molar-refractivity contribution in [1.29, 1.82) is 0 Å². The summed E-state index contributed by atoms with van der Waals surface area (Å²) >= 11 is 0. The van der Waals surface area contributed by atoms with Crippen LogP contribution in [0.15, 0.2) is 18.3 Å². The van der Waals surface area contributed by atoms with E-state index in [1.165, 1.54) is 7.11 Å². The van der Waals surface area contributed by atoms with Crippen LogP contribution in [0.5, 0.6) is 5.75 Å². The Morgan fingerprint density at radius 3 is 3.00 bits per heavy atom. The summed E-state index contributed by atoms with van der Waals surface area (Å²) < 4.78 is 10.1. The van der Waals surface area contributed by atoms with Gasteiger partial charge in [-0.1, -0.05) is 0 Å². The Kier molecular flexibility index (Phi) is 2.76. The highest BCUT2D eigenvalue weighted by Crippen LogP contribution is 2.25. The Morgan fingerprint density at radius 2 is 2.31 bits per heavy atom. The normalized spacial score (nSPS) is 10.4. The van der Waals surface area contributed by atoms with Crippen LogP contribution >= 0.6 is 0 Å². The first-order valence-electron chi connectivity index (χ1n) is 4.94. The van der Waals surface area contributed by atoms with E-state index in [1.54, 1.807) is 25.3 Å². The molecule has 0 radical (unpaired) electrons. The summed E-state index contributed by atoms with van der Waals surface area (Å²) in [6.45, 7) is 2.10. The van der Waals surface area contributed by atoms with Gasteiger partial charge in [0.2, 0.25) is 0 Å². The second-order valence-electron chi connectivity index (χ2n) is 3.23. The molecule has 84 valence electrons. The molecule has 1 heterocycles. The van der Waals surface area contributed by atoms with Gasteiger partial charge in [0, 0.05) is 11.5 Å². The largest absolute Gasteiger partial charge is 0.496 e. The number of carbonyl (C=O) groups is 1. The number of hydrogen-bond acceptors (Lipinski definition) is 4. The van der Waals surface area contributed by atoms with Crippen molar-refractivity contribution < 1.29 is 14.3 Å². The maximum atomic E-state index is 11.7. The lowest BCUT2D eigenvalue weighted by atomic mass is 10.1. The van der Waals surface area contributed by atoms with Crippen LogP contribution in [0.1, 0.15) is 17.3 Å². The fraction of sp³-hybridized carbons (Fsp3) is 0.273. The van der Waals surface area contributed by atoms with Gasteiger partial charge in [-0.15, -0.1) is 0 Å². The van der Waals surface area contributed by atoms with Crippen molar-refractivity contribution in [2.45, 2.75) is 6.92 Å². The smallest absolute Gasteiger partial charge is 0.341 e. The van der Waals surface area contributed by atoms with E-state index in [0.29, 0.717) is 17.9 Å². The van der Waals surface area contributed by atoms with Crippen LogP contribution in [-0.2, 0) is 4.74 Å². The van der Waals surface area contributed by atoms with E-state index in [-0.39, 0.29) is 5.97 Å². The van der Waals surface area contributed by atoms with Crippen LogP contribution in [0.3, 0.4) is 0 Å². The lowest BCUT2D eigenvalue weighted by molar-refractivity contribution is 0.0523. The zero-order valence-electron chi connectivity index (χ0n) is 9.11. The zero-order chi connectivity index (χ0) is 11.5. The minimum absolute atomic E-state index is 0.339. The number of rotatable bonds is 3. The highest BCUT2D eigenvalue weighted by Gasteiger charge is 2.15. The Morgan fingerprint density at radius 1 is 1.50 bits per heavy atom. The molecule has 1 N–H and O–H groups in total. The molecule has 0 bridgehead atoms. The molecule has 0 aliphatic heterocycles. The third-order valence-electron chi connectivity index (χ3n) is 2.26. The number of nitrogens with zero attached hydrogens (tertiary/aromatic N) is 1. The topological polar surface area (TPSA) is 64.2 Å². The Balaban J connectivity index is 2.52. The van der Waals surface area contributed by atoms with Crippen LogP contribution in [0.4, 0.5) is 0 Å². The molecule has 2 rings (SSSR count). The number of esters is 1. The van der Waals surface area contributed by atoms with Gasteiger partial charge in [-0.25, -0.2) is 4.79 Å². The molecule has 5 heteroatoms. The van der Waals surface area contributed by atoms with E-state index in [1.807, 2.05) is 0 Å². The molecule has 0 fully saturated rings. The number of methoxy groups -OCH3 is 1. The number of aromatic nitrogens is 2. The van der Waals surface area contributed by atoms with Gasteiger partial charge in [-0.3, -0.25) is 5.10 Å². The first-order chi connectivity index (χ1) is 7.76. The summed E-state index contributed by atoms with van der Waals surface area (Å²) in [7, 11) is 1.51. The quantitative estimate of drug-likeness (QED) is 0.800. The monoisotopic (exact) mass is 220 g/mol. The van der Waals surface area contributed by atoms with Crippen molar-refractivity contribution in [1.82, 2.24) is 10.2 Å².